The SMILES string of the molecule is CCN(c1ccc(C)cc1)S(=O)(=O)CC1CCCCN1. The van der Waals surface area contributed by atoms with Crippen molar-refractivity contribution in [2.75, 3.05) is 23.1 Å². The fraction of sp³-hybridized carbons (Fsp3) is 0.600. The number of nitrogens with zero attached hydrogens (tertiary/aromatic N) is 1. The number of aryl methyl sites for hydroxylation is 1. The number of nitrogens with one attached hydrogen (secondary N) is 1. The third kappa shape index (κ3) is 3.73. The maximum absolute atomic E-state index is 12.6. The standard InChI is InChI=1S/C15H24N2O2S/c1-3-17(15-9-7-13(2)8-10-15)20(18,19)12-14-6-4-5-11-16-14/h7-10,14,16H,3-6,11-12H2,1-2H3. The van der Waals surface area contributed by atoms with Crippen molar-refractivity contribution in [3.63, 3.8) is 0 Å². The summed E-state index contributed by atoms with van der Waals surface area (Å²) in [4.78, 5) is 0. The van der Waals surface area contributed by atoms with E-state index in [-0.39, 0.29) is 11.8 Å². The van der Waals surface area contributed by atoms with Crippen LogP contribution in [-0.4, -0.2) is 33.3 Å². The normalized spacial score (nSPS) is 19.8. The van der Waals surface area contributed by atoms with E-state index in [0.29, 0.717) is 6.54 Å². The third-order valence-electron chi connectivity index (χ3n) is 3.77. The van der Waals surface area contributed by atoms with Gasteiger partial charge < -0.3 is 5.32 Å². The van der Waals surface area contributed by atoms with Gasteiger partial charge in [0.05, 0.1) is 11.4 Å². The van der Waals surface area contributed by atoms with Gasteiger partial charge in [0.25, 0.3) is 0 Å². The zero-order valence-electron chi connectivity index (χ0n) is 12.3. The molecule has 0 aliphatic carbocycles. The Morgan fingerprint density at radius 3 is 2.50 bits per heavy atom. The molecule has 0 amide bonds. The lowest BCUT2D eigenvalue weighted by Gasteiger charge is -2.28. The zero-order chi connectivity index (χ0) is 14.6. The lowest BCUT2D eigenvalue weighted by atomic mass is 10.1. The molecule has 0 bridgehead atoms. The number of rotatable bonds is 5. The van der Waals surface area contributed by atoms with E-state index in [2.05, 4.69) is 5.32 Å². The Bertz CT molecular complexity index is 519. The molecule has 1 atom stereocenters. The second kappa shape index (κ2) is 6.59. The predicted molar refractivity (Wildman–Crippen MR) is 83.6 cm³/mol. The first-order valence-corrected chi connectivity index (χ1v) is 8.94. The number of hydrogen-bond acceptors (Lipinski definition) is 3. The largest absolute Gasteiger partial charge is 0.313 e. The van der Waals surface area contributed by atoms with Crippen molar-refractivity contribution in [1.29, 1.82) is 0 Å². The van der Waals surface area contributed by atoms with Crippen LogP contribution in [0.5, 0.6) is 0 Å². The summed E-state index contributed by atoms with van der Waals surface area (Å²) < 4.78 is 26.7. The van der Waals surface area contributed by atoms with Crippen molar-refractivity contribution in [2.45, 2.75) is 39.2 Å². The van der Waals surface area contributed by atoms with Gasteiger partial charge in [-0.05, 0) is 45.4 Å². The Kier molecular flexibility index (Phi) is 5.05. The van der Waals surface area contributed by atoms with Gasteiger partial charge in [0, 0.05) is 12.6 Å². The van der Waals surface area contributed by atoms with Crippen LogP contribution < -0.4 is 9.62 Å². The van der Waals surface area contributed by atoms with Crippen LogP contribution in [0.1, 0.15) is 31.7 Å². The highest BCUT2D eigenvalue weighted by atomic mass is 32.2. The summed E-state index contributed by atoms with van der Waals surface area (Å²) in [6.45, 7) is 5.28. The van der Waals surface area contributed by atoms with Crippen LogP contribution >= 0.6 is 0 Å². The summed E-state index contributed by atoms with van der Waals surface area (Å²) in [6.07, 6.45) is 3.21. The minimum atomic E-state index is -3.27. The van der Waals surface area contributed by atoms with Gasteiger partial charge in [-0.1, -0.05) is 24.1 Å². The molecule has 0 saturated carbocycles. The van der Waals surface area contributed by atoms with E-state index in [0.717, 1.165) is 37.1 Å². The molecule has 1 aromatic carbocycles. The van der Waals surface area contributed by atoms with Gasteiger partial charge in [-0.3, -0.25) is 4.31 Å². The molecule has 5 heteroatoms. The van der Waals surface area contributed by atoms with Crippen molar-refractivity contribution < 1.29 is 8.42 Å². The van der Waals surface area contributed by atoms with Crippen LogP contribution in [-0.2, 0) is 10.0 Å². The highest BCUT2D eigenvalue weighted by Gasteiger charge is 2.26. The first-order chi connectivity index (χ1) is 9.53. The van der Waals surface area contributed by atoms with Gasteiger partial charge >= 0.3 is 0 Å². The lowest BCUT2D eigenvalue weighted by molar-refractivity contribution is 0.423. The van der Waals surface area contributed by atoms with Crippen LogP contribution in [0.2, 0.25) is 0 Å². The van der Waals surface area contributed by atoms with Crippen molar-refractivity contribution in [2.24, 2.45) is 0 Å². The van der Waals surface area contributed by atoms with Gasteiger partial charge in [-0.2, -0.15) is 0 Å². The van der Waals surface area contributed by atoms with E-state index >= 15 is 0 Å². The molecule has 1 unspecified atom stereocenters. The van der Waals surface area contributed by atoms with E-state index in [1.807, 2.05) is 38.1 Å². The van der Waals surface area contributed by atoms with Crippen LogP contribution in [0.3, 0.4) is 0 Å². The second-order valence-corrected chi connectivity index (χ2v) is 7.36. The van der Waals surface area contributed by atoms with Crippen molar-refractivity contribution in [1.82, 2.24) is 5.32 Å². The van der Waals surface area contributed by atoms with Crippen LogP contribution in [0, 0.1) is 6.92 Å². The highest BCUT2D eigenvalue weighted by molar-refractivity contribution is 7.92. The molecule has 4 nitrogen and oxygen atoms in total. The Balaban J connectivity index is 2.14. The lowest BCUT2D eigenvalue weighted by Crippen LogP contribution is -2.44. The molecular formula is C15H24N2O2S. The molecule has 1 N–H and O–H groups in total. The smallest absolute Gasteiger partial charge is 0.236 e. The molecule has 112 valence electrons. The quantitative estimate of drug-likeness (QED) is 0.907. The van der Waals surface area contributed by atoms with Crippen molar-refractivity contribution in [3.8, 4) is 0 Å². The minimum absolute atomic E-state index is 0.0910. The number of piperidine rings is 1. The summed E-state index contributed by atoms with van der Waals surface area (Å²) in [5.74, 6) is 0.189. The molecule has 2 rings (SSSR count). The van der Waals surface area contributed by atoms with Gasteiger partial charge in [-0.25, -0.2) is 8.42 Å². The maximum atomic E-state index is 12.6. The molecule has 1 aromatic rings. The first-order valence-electron chi connectivity index (χ1n) is 7.33. The Morgan fingerprint density at radius 2 is 1.95 bits per heavy atom. The molecular weight excluding hydrogens is 272 g/mol. The topological polar surface area (TPSA) is 49.4 Å². The molecule has 0 radical (unpaired) electrons. The number of sulfonamides is 1. The van der Waals surface area contributed by atoms with Crippen molar-refractivity contribution >= 4 is 15.7 Å². The average Bonchev–Trinajstić information content (AvgIpc) is 2.42. The molecule has 20 heavy (non-hydrogen) atoms. The zero-order valence-corrected chi connectivity index (χ0v) is 13.1. The molecule has 1 aliphatic heterocycles. The van der Waals surface area contributed by atoms with E-state index in [4.69, 9.17) is 0 Å². The minimum Gasteiger partial charge on any atom is -0.313 e. The number of benzene rings is 1. The third-order valence-corrected chi connectivity index (χ3v) is 5.73. The van der Waals surface area contributed by atoms with Gasteiger partial charge in [0.15, 0.2) is 0 Å². The summed E-state index contributed by atoms with van der Waals surface area (Å²) in [6, 6.07) is 7.75. The van der Waals surface area contributed by atoms with E-state index in [1.165, 1.54) is 4.31 Å². The summed E-state index contributed by atoms with van der Waals surface area (Å²) >= 11 is 0. The van der Waals surface area contributed by atoms with Crippen LogP contribution in [0.4, 0.5) is 5.69 Å². The Hall–Kier alpha value is -1.07. The fourth-order valence-electron chi connectivity index (χ4n) is 2.66. The monoisotopic (exact) mass is 296 g/mol. The second-order valence-electron chi connectivity index (χ2n) is 5.43. The first kappa shape index (κ1) is 15.3. The summed E-state index contributed by atoms with van der Waals surface area (Å²) in [5, 5.41) is 3.31. The van der Waals surface area contributed by atoms with Crippen molar-refractivity contribution in [3.05, 3.63) is 29.8 Å². The molecule has 1 saturated heterocycles. The molecule has 1 aliphatic rings. The number of anilines is 1. The summed E-state index contributed by atoms with van der Waals surface area (Å²) in [7, 11) is -3.27. The van der Waals surface area contributed by atoms with E-state index in [1.54, 1.807) is 0 Å². The van der Waals surface area contributed by atoms with Crippen LogP contribution in [0.25, 0.3) is 0 Å². The molecule has 0 spiro atoms. The predicted octanol–water partition coefficient (Wildman–Crippen LogP) is 2.29. The van der Waals surface area contributed by atoms with Crippen LogP contribution in [0.15, 0.2) is 24.3 Å². The fourth-order valence-corrected chi connectivity index (χ4v) is 4.47. The maximum Gasteiger partial charge on any atom is 0.236 e. The molecule has 0 aromatic heterocycles. The molecule has 1 fully saturated rings. The van der Waals surface area contributed by atoms with Gasteiger partial charge in [0.2, 0.25) is 10.0 Å². The average molecular weight is 296 g/mol. The molecule has 1 heterocycles. The van der Waals surface area contributed by atoms with E-state index in [9.17, 15) is 8.42 Å². The Labute approximate surface area is 122 Å². The number of hydrogen-bond donors (Lipinski definition) is 1. The van der Waals surface area contributed by atoms with Gasteiger partial charge in [0.1, 0.15) is 0 Å². The summed E-state index contributed by atoms with van der Waals surface area (Å²) in [5.41, 5.74) is 1.89. The Morgan fingerprint density at radius 1 is 1.25 bits per heavy atom. The van der Waals surface area contributed by atoms with Gasteiger partial charge in [-0.15, -0.1) is 0 Å². The van der Waals surface area contributed by atoms with E-state index < -0.39 is 10.0 Å². The highest BCUT2D eigenvalue weighted by Crippen LogP contribution is 2.20.